The number of carbonyl (C=O) groups is 2. The quantitative estimate of drug-likeness (QED) is 0.547. The van der Waals surface area contributed by atoms with Crippen molar-refractivity contribution < 1.29 is 14.3 Å². The van der Waals surface area contributed by atoms with Gasteiger partial charge in [-0.05, 0) is 86.3 Å². The maximum absolute atomic E-state index is 12.8. The molecule has 30 heavy (non-hydrogen) atoms. The summed E-state index contributed by atoms with van der Waals surface area (Å²) in [6, 6.07) is 17.3. The first-order valence-corrected chi connectivity index (χ1v) is 10.9. The van der Waals surface area contributed by atoms with Gasteiger partial charge >= 0.3 is 0 Å². The van der Waals surface area contributed by atoms with Gasteiger partial charge in [0.1, 0.15) is 5.75 Å². The lowest BCUT2D eigenvalue weighted by Crippen LogP contribution is -2.25. The summed E-state index contributed by atoms with van der Waals surface area (Å²) in [5, 5.41) is 5.93. The highest BCUT2D eigenvalue weighted by Gasteiger charge is 2.24. The van der Waals surface area contributed by atoms with Gasteiger partial charge in [0.15, 0.2) is 0 Å². The second-order valence-corrected chi connectivity index (χ2v) is 8.44. The van der Waals surface area contributed by atoms with Crippen LogP contribution in [-0.4, -0.2) is 24.5 Å². The van der Waals surface area contributed by atoms with Crippen LogP contribution in [0, 0.1) is 6.92 Å². The van der Waals surface area contributed by atoms with Gasteiger partial charge < -0.3 is 15.4 Å². The van der Waals surface area contributed by atoms with E-state index in [1.165, 1.54) is 11.3 Å². The van der Waals surface area contributed by atoms with E-state index in [0.717, 1.165) is 34.6 Å². The maximum Gasteiger partial charge on any atom is 0.265 e. The third-order valence-corrected chi connectivity index (χ3v) is 6.07. The van der Waals surface area contributed by atoms with Crippen LogP contribution < -0.4 is 15.4 Å². The van der Waals surface area contributed by atoms with Crippen molar-refractivity contribution in [2.45, 2.75) is 32.7 Å². The van der Waals surface area contributed by atoms with Crippen molar-refractivity contribution in [2.24, 2.45) is 0 Å². The van der Waals surface area contributed by atoms with E-state index in [2.05, 4.69) is 10.6 Å². The summed E-state index contributed by atoms with van der Waals surface area (Å²) in [6.07, 6.45) is 2.08. The molecule has 2 N–H and O–H groups in total. The number of anilines is 1. The number of aryl methyl sites for hydroxylation is 1. The number of ether oxygens (including phenoxy) is 1. The van der Waals surface area contributed by atoms with Gasteiger partial charge in [-0.15, -0.1) is 11.3 Å². The molecule has 0 radical (unpaired) electrons. The second kappa shape index (κ2) is 8.71. The summed E-state index contributed by atoms with van der Waals surface area (Å²) in [4.78, 5) is 26.7. The predicted octanol–water partition coefficient (Wildman–Crippen LogP) is 5.27. The van der Waals surface area contributed by atoms with E-state index in [4.69, 9.17) is 4.74 Å². The highest BCUT2D eigenvalue weighted by Crippen LogP contribution is 2.30. The van der Waals surface area contributed by atoms with Crippen molar-refractivity contribution in [3.63, 3.8) is 0 Å². The Morgan fingerprint density at radius 3 is 2.50 bits per heavy atom. The van der Waals surface area contributed by atoms with Crippen LogP contribution in [0.15, 0.2) is 54.6 Å². The zero-order valence-corrected chi connectivity index (χ0v) is 17.8. The Labute approximate surface area is 180 Å². The standard InChI is InChI=1S/C24H24N2O3S/c1-3-29-19-10-6-16(7-11-19)21-12-13-22(30-21)24(28)26-20-14-17(5-4-15(20)2)23(27)25-18-8-9-18/h4-7,10-14,18H,3,8-9H2,1-2H3,(H,25,27)(H,26,28). The Bertz CT molecular complexity index is 1070. The molecule has 0 spiro atoms. The summed E-state index contributed by atoms with van der Waals surface area (Å²) in [5.74, 6) is 0.554. The van der Waals surface area contributed by atoms with Crippen molar-refractivity contribution in [1.82, 2.24) is 5.32 Å². The maximum atomic E-state index is 12.8. The molecule has 5 nitrogen and oxygen atoms in total. The van der Waals surface area contributed by atoms with Gasteiger partial charge in [0.2, 0.25) is 0 Å². The fourth-order valence-electron chi connectivity index (χ4n) is 3.08. The first kappa shape index (κ1) is 20.2. The first-order chi connectivity index (χ1) is 14.5. The molecular formula is C24H24N2O3S. The Hall–Kier alpha value is -3.12. The van der Waals surface area contributed by atoms with Crippen LogP contribution in [0.1, 0.15) is 45.4 Å². The molecule has 1 aromatic heterocycles. The van der Waals surface area contributed by atoms with E-state index in [9.17, 15) is 9.59 Å². The summed E-state index contributed by atoms with van der Waals surface area (Å²) in [5.41, 5.74) is 3.16. The van der Waals surface area contributed by atoms with Crippen LogP contribution in [0.25, 0.3) is 10.4 Å². The molecular weight excluding hydrogens is 396 g/mol. The fraction of sp³-hybridized carbons (Fsp3) is 0.250. The van der Waals surface area contributed by atoms with E-state index < -0.39 is 0 Å². The molecule has 0 bridgehead atoms. The molecule has 1 aliphatic carbocycles. The molecule has 4 rings (SSSR count). The summed E-state index contributed by atoms with van der Waals surface area (Å²) >= 11 is 1.43. The zero-order chi connectivity index (χ0) is 21.1. The lowest BCUT2D eigenvalue weighted by atomic mass is 10.1. The molecule has 0 aliphatic heterocycles. The third kappa shape index (κ3) is 4.71. The number of hydrogen-bond donors (Lipinski definition) is 2. The van der Waals surface area contributed by atoms with Crippen LogP contribution in [0.4, 0.5) is 5.69 Å². The number of benzene rings is 2. The van der Waals surface area contributed by atoms with Gasteiger partial charge in [-0.2, -0.15) is 0 Å². The summed E-state index contributed by atoms with van der Waals surface area (Å²) in [7, 11) is 0. The smallest absolute Gasteiger partial charge is 0.265 e. The third-order valence-electron chi connectivity index (χ3n) is 4.94. The minimum absolute atomic E-state index is 0.0955. The molecule has 154 valence electrons. The summed E-state index contributed by atoms with van der Waals surface area (Å²) in [6.45, 7) is 4.50. The Kier molecular flexibility index (Phi) is 5.86. The van der Waals surface area contributed by atoms with E-state index >= 15 is 0 Å². The van der Waals surface area contributed by atoms with Gasteiger partial charge in [0, 0.05) is 22.2 Å². The molecule has 6 heteroatoms. The van der Waals surface area contributed by atoms with Crippen LogP contribution >= 0.6 is 11.3 Å². The van der Waals surface area contributed by atoms with Gasteiger partial charge in [-0.3, -0.25) is 9.59 Å². The Morgan fingerprint density at radius 1 is 1.03 bits per heavy atom. The average Bonchev–Trinajstić information content (AvgIpc) is 3.41. The van der Waals surface area contributed by atoms with Crippen LogP contribution in [0.5, 0.6) is 5.75 Å². The molecule has 3 aromatic rings. The van der Waals surface area contributed by atoms with E-state index in [0.29, 0.717) is 28.8 Å². The predicted molar refractivity (Wildman–Crippen MR) is 121 cm³/mol. The molecule has 1 fully saturated rings. The molecule has 1 heterocycles. The lowest BCUT2D eigenvalue weighted by molar-refractivity contribution is 0.0949. The highest BCUT2D eigenvalue weighted by molar-refractivity contribution is 7.17. The first-order valence-electron chi connectivity index (χ1n) is 10.1. The zero-order valence-electron chi connectivity index (χ0n) is 17.0. The monoisotopic (exact) mass is 420 g/mol. The Balaban J connectivity index is 1.47. The largest absolute Gasteiger partial charge is 0.494 e. The number of hydrogen-bond acceptors (Lipinski definition) is 4. The molecule has 0 saturated heterocycles. The molecule has 1 aliphatic rings. The number of thiophene rings is 1. The number of carbonyl (C=O) groups excluding carboxylic acids is 2. The van der Waals surface area contributed by atoms with E-state index in [1.54, 1.807) is 12.1 Å². The van der Waals surface area contributed by atoms with Crippen LogP contribution in [-0.2, 0) is 0 Å². The van der Waals surface area contributed by atoms with Crippen molar-refractivity contribution in [3.05, 3.63) is 70.6 Å². The van der Waals surface area contributed by atoms with Crippen LogP contribution in [0.3, 0.4) is 0 Å². The van der Waals surface area contributed by atoms with Gasteiger partial charge in [0.25, 0.3) is 11.8 Å². The van der Waals surface area contributed by atoms with Gasteiger partial charge in [-0.1, -0.05) is 6.07 Å². The average molecular weight is 421 g/mol. The lowest BCUT2D eigenvalue weighted by Gasteiger charge is -2.10. The van der Waals surface area contributed by atoms with Gasteiger partial charge in [-0.25, -0.2) is 0 Å². The number of nitrogens with one attached hydrogen (secondary N) is 2. The van der Waals surface area contributed by atoms with Crippen molar-refractivity contribution in [1.29, 1.82) is 0 Å². The van der Waals surface area contributed by atoms with E-state index in [-0.39, 0.29) is 11.8 Å². The van der Waals surface area contributed by atoms with Crippen LogP contribution in [0.2, 0.25) is 0 Å². The molecule has 0 atom stereocenters. The second-order valence-electron chi connectivity index (χ2n) is 7.35. The van der Waals surface area contributed by atoms with Crippen molar-refractivity contribution in [3.8, 4) is 16.2 Å². The van der Waals surface area contributed by atoms with Crippen molar-refractivity contribution in [2.75, 3.05) is 11.9 Å². The Morgan fingerprint density at radius 2 is 1.80 bits per heavy atom. The summed E-state index contributed by atoms with van der Waals surface area (Å²) < 4.78 is 5.48. The SMILES string of the molecule is CCOc1ccc(-c2ccc(C(=O)Nc3cc(C(=O)NC4CC4)ccc3C)s2)cc1. The minimum Gasteiger partial charge on any atom is -0.494 e. The fourth-order valence-corrected chi connectivity index (χ4v) is 3.98. The molecule has 0 unspecified atom stereocenters. The normalized spacial score (nSPS) is 13.0. The number of rotatable bonds is 7. The highest BCUT2D eigenvalue weighted by atomic mass is 32.1. The topological polar surface area (TPSA) is 67.4 Å². The van der Waals surface area contributed by atoms with E-state index in [1.807, 2.05) is 56.3 Å². The molecule has 2 aromatic carbocycles. The van der Waals surface area contributed by atoms with Gasteiger partial charge in [0.05, 0.1) is 11.5 Å². The minimum atomic E-state index is -0.181. The number of amides is 2. The van der Waals surface area contributed by atoms with Crippen molar-refractivity contribution >= 4 is 28.8 Å². The molecule has 1 saturated carbocycles. The molecule has 2 amide bonds.